The van der Waals surface area contributed by atoms with Crippen molar-refractivity contribution < 1.29 is 5.21 Å². The van der Waals surface area contributed by atoms with Crippen molar-refractivity contribution in [3.05, 3.63) is 58.6 Å². The molecule has 3 heterocycles. The molecule has 0 spiro atoms. The predicted octanol–water partition coefficient (Wildman–Crippen LogP) is 3.59. The number of aromatic nitrogens is 4. The van der Waals surface area contributed by atoms with Crippen LogP contribution in [-0.2, 0) is 13.1 Å². The molecular weight excluding hydrogens is 364 g/mol. The lowest BCUT2D eigenvalue weighted by molar-refractivity contribution is 0.299. The van der Waals surface area contributed by atoms with Crippen LogP contribution in [0.2, 0.25) is 0 Å². The molecule has 0 fully saturated rings. The Balaban J connectivity index is 1.73. The Hall–Kier alpha value is -3.19. The lowest BCUT2D eigenvalue weighted by atomic mass is 10.2. The number of hydrogen-bond donors (Lipinski definition) is 1. The molecule has 3 aromatic heterocycles. The Bertz CT molecular complexity index is 1150. The molecule has 0 bridgehead atoms. The maximum Gasteiger partial charge on any atom is 0.141 e. The summed E-state index contributed by atoms with van der Waals surface area (Å²) in [5.41, 5.74) is 3.09. The first-order valence-corrected chi connectivity index (χ1v) is 9.14. The van der Waals surface area contributed by atoms with Gasteiger partial charge in [0.25, 0.3) is 0 Å². The summed E-state index contributed by atoms with van der Waals surface area (Å²) in [6, 6.07) is 9.23. The van der Waals surface area contributed by atoms with Gasteiger partial charge in [0.1, 0.15) is 16.6 Å². The Labute approximate surface area is 158 Å². The smallest absolute Gasteiger partial charge is 0.141 e. The fraction of sp³-hybridized carbons (Fsp3) is 0.167. The number of thiophene rings is 1. The fourth-order valence-corrected chi connectivity index (χ4v) is 3.82. The van der Waals surface area contributed by atoms with E-state index >= 15 is 0 Å². The predicted molar refractivity (Wildman–Crippen MR) is 102 cm³/mol. The van der Waals surface area contributed by atoms with Crippen LogP contribution in [-0.4, -0.2) is 24.3 Å². The summed E-state index contributed by atoms with van der Waals surface area (Å²) in [7, 11) is 0. The SMILES string of the molecule is CCn1c(Cn2ccnc2-c2csc(N([O-])O)c2)nc2cc(C#N)ccc21. The second kappa shape index (κ2) is 6.85. The average Bonchev–Trinajstić information content (AvgIpc) is 3.38. The van der Waals surface area contributed by atoms with E-state index in [1.54, 1.807) is 29.8 Å². The van der Waals surface area contributed by atoms with E-state index in [4.69, 9.17) is 15.5 Å². The molecule has 8 nitrogen and oxygen atoms in total. The highest BCUT2D eigenvalue weighted by atomic mass is 32.1. The number of rotatable bonds is 5. The van der Waals surface area contributed by atoms with Crippen molar-refractivity contribution in [2.75, 3.05) is 5.23 Å². The molecular formula is C18H15N6O2S-. The quantitative estimate of drug-likeness (QED) is 0.531. The molecule has 9 heteroatoms. The van der Waals surface area contributed by atoms with Gasteiger partial charge in [-0.1, -0.05) is 0 Å². The van der Waals surface area contributed by atoms with E-state index < -0.39 is 0 Å². The normalized spacial score (nSPS) is 11.0. The standard InChI is InChI=1S/C18H15N6O2S/c1-2-23-15-4-3-12(9-19)7-14(15)21-16(23)10-22-6-5-20-18(22)13-8-17(24(25)26)27-11-13/h3-8,11,25H,2,10H2,1H3/q-1. The first-order valence-electron chi connectivity index (χ1n) is 8.26. The van der Waals surface area contributed by atoms with Gasteiger partial charge < -0.3 is 19.6 Å². The monoisotopic (exact) mass is 379 g/mol. The van der Waals surface area contributed by atoms with Crippen molar-refractivity contribution in [3.63, 3.8) is 0 Å². The largest absolute Gasteiger partial charge is 0.733 e. The highest BCUT2D eigenvalue weighted by Crippen LogP contribution is 2.30. The summed E-state index contributed by atoms with van der Waals surface area (Å²) in [5.74, 6) is 1.54. The highest BCUT2D eigenvalue weighted by Gasteiger charge is 2.14. The van der Waals surface area contributed by atoms with Crippen molar-refractivity contribution in [2.45, 2.75) is 20.0 Å². The Kier molecular flexibility index (Phi) is 4.37. The van der Waals surface area contributed by atoms with Crippen molar-refractivity contribution in [1.29, 1.82) is 5.26 Å². The molecule has 0 amide bonds. The van der Waals surface area contributed by atoms with Gasteiger partial charge in [-0.2, -0.15) is 5.26 Å². The van der Waals surface area contributed by atoms with Gasteiger partial charge in [0.05, 0.1) is 29.2 Å². The molecule has 4 aromatic rings. The van der Waals surface area contributed by atoms with E-state index in [0.29, 0.717) is 17.9 Å². The highest BCUT2D eigenvalue weighted by molar-refractivity contribution is 7.14. The average molecular weight is 379 g/mol. The van der Waals surface area contributed by atoms with E-state index in [1.807, 2.05) is 23.8 Å². The molecule has 0 saturated carbocycles. The zero-order valence-electron chi connectivity index (χ0n) is 14.4. The third-order valence-electron chi connectivity index (χ3n) is 4.33. The number of nitriles is 1. The second-order valence-electron chi connectivity index (χ2n) is 5.91. The van der Waals surface area contributed by atoms with Crippen LogP contribution in [0.5, 0.6) is 0 Å². The summed E-state index contributed by atoms with van der Waals surface area (Å²) in [6.07, 6.45) is 3.54. The van der Waals surface area contributed by atoms with Crippen LogP contribution in [0.15, 0.2) is 42.0 Å². The van der Waals surface area contributed by atoms with Crippen LogP contribution >= 0.6 is 11.3 Å². The summed E-state index contributed by atoms with van der Waals surface area (Å²) in [6.45, 7) is 3.29. The number of aryl methyl sites for hydroxylation is 1. The number of anilines is 1. The molecule has 0 aliphatic rings. The zero-order chi connectivity index (χ0) is 19.0. The zero-order valence-corrected chi connectivity index (χ0v) is 15.2. The number of fused-ring (bicyclic) bond motifs is 1. The molecule has 1 N–H and O–H groups in total. The van der Waals surface area contributed by atoms with Gasteiger partial charge in [0, 0.05) is 29.9 Å². The molecule has 27 heavy (non-hydrogen) atoms. The van der Waals surface area contributed by atoms with Crippen LogP contribution in [0.3, 0.4) is 0 Å². The molecule has 0 unspecified atom stereocenters. The molecule has 0 saturated heterocycles. The topological polar surface area (TPSA) is 106 Å². The minimum Gasteiger partial charge on any atom is -0.733 e. The first kappa shape index (κ1) is 17.2. The molecule has 0 aliphatic heterocycles. The van der Waals surface area contributed by atoms with Gasteiger partial charge in [-0.25, -0.2) is 9.97 Å². The Morgan fingerprint density at radius 2 is 2.22 bits per heavy atom. The molecule has 1 aromatic carbocycles. The molecule has 0 aliphatic carbocycles. The van der Waals surface area contributed by atoms with Crippen molar-refractivity contribution in [2.24, 2.45) is 0 Å². The van der Waals surface area contributed by atoms with E-state index in [1.165, 1.54) is 0 Å². The molecule has 0 radical (unpaired) electrons. The maximum atomic E-state index is 11.1. The summed E-state index contributed by atoms with van der Waals surface area (Å²) in [4.78, 5) is 9.08. The van der Waals surface area contributed by atoms with Gasteiger partial charge in [0.2, 0.25) is 0 Å². The minimum atomic E-state index is -0.148. The van der Waals surface area contributed by atoms with Crippen LogP contribution in [0.25, 0.3) is 22.4 Å². The Morgan fingerprint density at radius 1 is 1.37 bits per heavy atom. The van der Waals surface area contributed by atoms with Crippen molar-refractivity contribution >= 4 is 27.4 Å². The minimum absolute atomic E-state index is 0.148. The second-order valence-corrected chi connectivity index (χ2v) is 6.80. The van der Waals surface area contributed by atoms with Gasteiger partial charge in [-0.15, -0.1) is 11.3 Å². The van der Waals surface area contributed by atoms with E-state index in [0.717, 1.165) is 40.3 Å². The Morgan fingerprint density at radius 3 is 2.93 bits per heavy atom. The van der Waals surface area contributed by atoms with Gasteiger partial charge in [-0.05, 0) is 31.2 Å². The molecule has 0 atom stereocenters. The summed E-state index contributed by atoms with van der Waals surface area (Å²) >= 11 is 1.15. The number of benzene rings is 1. The van der Waals surface area contributed by atoms with E-state index in [-0.39, 0.29) is 10.2 Å². The van der Waals surface area contributed by atoms with Gasteiger partial charge in [0.15, 0.2) is 0 Å². The fourth-order valence-electron chi connectivity index (χ4n) is 3.11. The third-order valence-corrected chi connectivity index (χ3v) is 5.22. The summed E-state index contributed by atoms with van der Waals surface area (Å²) in [5, 5.41) is 31.0. The van der Waals surface area contributed by atoms with Crippen LogP contribution in [0.4, 0.5) is 5.00 Å². The maximum absolute atomic E-state index is 11.1. The van der Waals surface area contributed by atoms with E-state index in [2.05, 4.69) is 15.6 Å². The van der Waals surface area contributed by atoms with Gasteiger partial charge >= 0.3 is 0 Å². The lowest BCUT2D eigenvalue weighted by Crippen LogP contribution is -2.08. The van der Waals surface area contributed by atoms with Crippen molar-refractivity contribution in [1.82, 2.24) is 19.1 Å². The molecule has 4 rings (SSSR count). The first-order chi connectivity index (χ1) is 13.1. The summed E-state index contributed by atoms with van der Waals surface area (Å²) < 4.78 is 4.04. The van der Waals surface area contributed by atoms with Crippen molar-refractivity contribution in [3.8, 4) is 17.5 Å². The van der Waals surface area contributed by atoms with Gasteiger partial charge in [-0.3, -0.25) is 5.21 Å². The van der Waals surface area contributed by atoms with E-state index in [9.17, 15) is 5.21 Å². The number of hydrogen-bond acceptors (Lipinski definition) is 7. The lowest BCUT2D eigenvalue weighted by Gasteiger charge is -2.18. The van der Waals surface area contributed by atoms with Crippen LogP contribution in [0, 0.1) is 16.5 Å². The van der Waals surface area contributed by atoms with Crippen LogP contribution < -0.4 is 5.23 Å². The number of nitrogens with zero attached hydrogens (tertiary/aromatic N) is 6. The molecule has 136 valence electrons. The van der Waals surface area contributed by atoms with Crippen LogP contribution in [0.1, 0.15) is 18.3 Å². The number of imidazole rings is 2. The third kappa shape index (κ3) is 3.06.